The number of aliphatic hydroxyl groups excluding tert-OH is 1. The minimum Gasteiger partial charge on any atom is -0.656 e. The summed E-state index contributed by atoms with van der Waals surface area (Å²) in [5.74, 6) is -0.0625. The second-order valence-corrected chi connectivity index (χ2v) is 11.7. The fraction of sp³-hybridized carbons (Fsp3) is 0.119. The van der Waals surface area contributed by atoms with E-state index in [4.69, 9.17) is 10.1 Å². The van der Waals surface area contributed by atoms with Crippen LogP contribution in [0.5, 0.6) is 0 Å². The van der Waals surface area contributed by atoms with Gasteiger partial charge in [0.25, 0.3) is 0 Å². The number of carbonyl (C=O) groups is 1. The molecule has 0 unspecified atom stereocenters. The number of allylic oxidation sites excluding steroid dienone is 2. The molecule has 1 aliphatic rings. The van der Waals surface area contributed by atoms with E-state index in [1.807, 2.05) is 42.7 Å². The van der Waals surface area contributed by atoms with Crippen molar-refractivity contribution in [1.82, 2.24) is 15.0 Å². The average Bonchev–Trinajstić information content (AvgIpc) is 3.63. The van der Waals surface area contributed by atoms with Gasteiger partial charge in [-0.3, -0.25) is 14.8 Å². The van der Waals surface area contributed by atoms with Crippen LogP contribution in [0.4, 0.5) is 0 Å². The minimum atomic E-state index is -0.125. The Morgan fingerprint density at radius 3 is 1.94 bits per heavy atom. The number of ketones is 1. The van der Waals surface area contributed by atoms with E-state index in [0.29, 0.717) is 0 Å². The second kappa shape index (κ2) is 15.2. The van der Waals surface area contributed by atoms with E-state index in [0.717, 1.165) is 34.4 Å². The van der Waals surface area contributed by atoms with Crippen LogP contribution in [0.2, 0.25) is 0 Å². The molecule has 0 amide bonds. The van der Waals surface area contributed by atoms with Crippen LogP contribution < -0.4 is 4.98 Å². The summed E-state index contributed by atoms with van der Waals surface area (Å²) in [6.45, 7) is 7.14. The summed E-state index contributed by atoms with van der Waals surface area (Å²) in [5.41, 5.74) is 14.7. The molecular formula is C42H36IrN3O2-. The predicted molar refractivity (Wildman–Crippen MR) is 192 cm³/mol. The third kappa shape index (κ3) is 7.21. The number of nitrogens with zero attached hydrogens (tertiary/aromatic N) is 3. The molecule has 0 saturated heterocycles. The molecular weight excluding hydrogens is 771 g/mol. The van der Waals surface area contributed by atoms with Crippen LogP contribution in [-0.2, 0) is 31.3 Å². The number of hydrogen-bond acceptors (Lipinski definition) is 4. The molecule has 0 aliphatic heterocycles. The summed E-state index contributed by atoms with van der Waals surface area (Å²) in [6.07, 6.45) is 5.88. The molecule has 3 heterocycles. The van der Waals surface area contributed by atoms with Gasteiger partial charge < -0.3 is 10.1 Å². The summed E-state index contributed by atoms with van der Waals surface area (Å²) in [6, 6.07) is 37.9. The predicted octanol–water partition coefficient (Wildman–Crippen LogP) is 9.98. The van der Waals surface area contributed by atoms with E-state index in [2.05, 4.69) is 103 Å². The van der Waals surface area contributed by atoms with Gasteiger partial charge in [-0.25, -0.2) is 0 Å². The normalized spacial score (nSPS) is 11.4. The van der Waals surface area contributed by atoms with Gasteiger partial charge in [-0.2, -0.15) is 0 Å². The Kier molecular flexibility index (Phi) is 10.8. The monoisotopic (exact) mass is 807 g/mol. The molecule has 8 rings (SSSR count). The number of pyridine rings is 2. The first kappa shape index (κ1) is 34.2. The Balaban J connectivity index is 0.000000155. The standard InChI is InChI=1S/C19H15N.C18H13N2.C5H8O2.Ir/c1-13-9-10-16-15-7-3-2-6-14(15)12-17(16)19(13)18-8-4-5-11-20-18;1-12-9-10-14-13-6-2-3-7-15(13)20-18(14)17(12)16-8-4-5-11-19-16;1-4(6)3-5(2)7;/h2-11H,12H2,1H3;2-11H,1H3;3,6H,1-2H3;/q;-1;;. The summed E-state index contributed by atoms with van der Waals surface area (Å²) in [7, 11) is 0. The number of aryl methyl sites for hydroxylation is 2. The molecule has 6 heteroatoms. The molecule has 3 aromatic heterocycles. The molecule has 5 nitrogen and oxygen atoms in total. The number of aromatic nitrogens is 3. The largest absolute Gasteiger partial charge is 0.656 e. The second-order valence-electron chi connectivity index (χ2n) is 11.7. The van der Waals surface area contributed by atoms with Crippen LogP contribution in [0.25, 0.3) is 55.4 Å². The Morgan fingerprint density at radius 1 is 0.688 bits per heavy atom. The van der Waals surface area contributed by atoms with E-state index in [9.17, 15) is 4.79 Å². The molecule has 48 heavy (non-hydrogen) atoms. The van der Waals surface area contributed by atoms with E-state index in [-0.39, 0.29) is 31.6 Å². The van der Waals surface area contributed by atoms with Gasteiger partial charge in [-0.05, 0) is 108 Å². The maximum atomic E-state index is 10.0. The Hall–Kier alpha value is -5.16. The van der Waals surface area contributed by atoms with Gasteiger partial charge in [0, 0.05) is 44.1 Å². The van der Waals surface area contributed by atoms with Gasteiger partial charge in [-0.1, -0.05) is 84.9 Å². The summed E-state index contributed by atoms with van der Waals surface area (Å²) in [5, 5.41) is 10.8. The van der Waals surface area contributed by atoms with Crippen molar-refractivity contribution < 1.29 is 30.0 Å². The SMILES string of the molecule is CC(=O)C=C(C)O.Cc1ccc2c([n-]c3ccccc32)c1-c1ccccn1.Cc1ccc2c(c1-c1ccccn1)Cc1ccccc1-2.[Ir]. The summed E-state index contributed by atoms with van der Waals surface area (Å²) in [4.78, 5) is 23.9. The van der Waals surface area contributed by atoms with Gasteiger partial charge in [0.05, 0.1) is 17.1 Å². The van der Waals surface area contributed by atoms with Crippen molar-refractivity contribution in [3.05, 3.63) is 156 Å². The van der Waals surface area contributed by atoms with Crippen LogP contribution in [0.1, 0.15) is 36.1 Å². The van der Waals surface area contributed by atoms with Gasteiger partial charge >= 0.3 is 0 Å². The van der Waals surface area contributed by atoms with Crippen molar-refractivity contribution in [2.45, 2.75) is 34.1 Å². The van der Waals surface area contributed by atoms with E-state index in [1.54, 1.807) is 0 Å². The molecule has 0 atom stereocenters. The van der Waals surface area contributed by atoms with E-state index >= 15 is 0 Å². The van der Waals surface area contributed by atoms with Crippen molar-refractivity contribution >= 4 is 27.6 Å². The van der Waals surface area contributed by atoms with Crippen LogP contribution in [0.15, 0.2) is 133 Å². The molecule has 7 aromatic rings. The summed E-state index contributed by atoms with van der Waals surface area (Å²) >= 11 is 0. The molecule has 0 saturated carbocycles. The Labute approximate surface area is 294 Å². The number of hydrogen-bond donors (Lipinski definition) is 1. The van der Waals surface area contributed by atoms with Crippen molar-refractivity contribution in [1.29, 1.82) is 0 Å². The quantitative estimate of drug-likeness (QED) is 0.142. The van der Waals surface area contributed by atoms with Crippen LogP contribution in [0, 0.1) is 13.8 Å². The van der Waals surface area contributed by atoms with E-state index in [1.165, 1.54) is 69.6 Å². The molecule has 1 radical (unpaired) electrons. The summed E-state index contributed by atoms with van der Waals surface area (Å²) < 4.78 is 0. The molecule has 0 fully saturated rings. The molecule has 241 valence electrons. The first-order chi connectivity index (χ1) is 22.8. The maximum absolute atomic E-state index is 10.0. The van der Waals surface area contributed by atoms with Gasteiger partial charge in [0.1, 0.15) is 0 Å². The fourth-order valence-electron chi connectivity index (χ4n) is 6.27. The van der Waals surface area contributed by atoms with Crippen molar-refractivity contribution in [2.24, 2.45) is 0 Å². The van der Waals surface area contributed by atoms with Gasteiger partial charge in [-0.15, -0.1) is 11.0 Å². The molecule has 0 spiro atoms. The topological polar surface area (TPSA) is 77.2 Å². The fourth-order valence-corrected chi connectivity index (χ4v) is 6.27. The van der Waals surface area contributed by atoms with Gasteiger partial charge in [0.15, 0.2) is 5.78 Å². The van der Waals surface area contributed by atoms with Gasteiger partial charge in [0.2, 0.25) is 0 Å². The number of rotatable bonds is 3. The molecule has 1 aliphatic carbocycles. The molecule has 0 bridgehead atoms. The van der Waals surface area contributed by atoms with E-state index < -0.39 is 0 Å². The molecule has 1 N–H and O–H groups in total. The van der Waals surface area contributed by atoms with Crippen LogP contribution in [-0.4, -0.2) is 20.9 Å². The number of aliphatic hydroxyl groups is 1. The van der Waals surface area contributed by atoms with Crippen LogP contribution in [0.3, 0.4) is 0 Å². The Morgan fingerprint density at radius 2 is 1.29 bits per heavy atom. The minimum absolute atomic E-state index is 0. The maximum Gasteiger partial charge on any atom is 0.155 e. The average molecular weight is 807 g/mol. The zero-order valence-electron chi connectivity index (χ0n) is 27.4. The molecule has 4 aromatic carbocycles. The Bertz CT molecular complexity index is 2240. The number of benzene rings is 4. The van der Waals surface area contributed by atoms with Crippen molar-refractivity contribution in [3.63, 3.8) is 0 Å². The zero-order chi connectivity index (χ0) is 32.9. The number of para-hydroxylation sites is 1. The first-order valence-electron chi connectivity index (χ1n) is 15.7. The third-order valence-electron chi connectivity index (χ3n) is 8.26. The van der Waals surface area contributed by atoms with Crippen molar-refractivity contribution in [2.75, 3.05) is 0 Å². The number of carbonyl (C=O) groups excluding carboxylic acids is 1. The number of fused-ring (bicyclic) bond motifs is 6. The van der Waals surface area contributed by atoms with Crippen molar-refractivity contribution in [3.8, 4) is 33.6 Å². The van der Waals surface area contributed by atoms with Crippen LogP contribution >= 0.6 is 0 Å². The first-order valence-corrected chi connectivity index (χ1v) is 15.7. The smallest absolute Gasteiger partial charge is 0.155 e. The third-order valence-corrected chi connectivity index (χ3v) is 8.26. The zero-order valence-corrected chi connectivity index (χ0v) is 29.8.